The number of carbonyl (C=O) groups excluding carboxylic acids is 1. The fraction of sp³-hybridized carbons (Fsp3) is 0.136. The molecule has 2 aromatic carbocycles. The largest absolute Gasteiger partial charge is 0.322 e. The van der Waals surface area contributed by atoms with Crippen LogP contribution >= 0.6 is 0 Å². The zero-order chi connectivity index (χ0) is 21.1. The number of nitrogens with zero attached hydrogens (tertiary/aromatic N) is 6. The summed E-state index contributed by atoms with van der Waals surface area (Å²) in [7, 11) is 0. The maximum atomic E-state index is 12.5. The highest BCUT2D eigenvalue weighted by Crippen LogP contribution is 2.19. The van der Waals surface area contributed by atoms with Crippen molar-refractivity contribution in [3.63, 3.8) is 0 Å². The topological polar surface area (TPSA) is 90.5 Å². The second-order valence-electron chi connectivity index (χ2n) is 6.84. The van der Waals surface area contributed by atoms with E-state index >= 15 is 0 Å². The van der Waals surface area contributed by atoms with Crippen molar-refractivity contribution in [2.75, 3.05) is 5.32 Å². The molecule has 0 atom stereocenters. The first-order valence-corrected chi connectivity index (χ1v) is 9.49. The van der Waals surface area contributed by atoms with Crippen LogP contribution in [-0.2, 0) is 4.79 Å². The fourth-order valence-electron chi connectivity index (χ4n) is 3.25. The molecule has 0 aliphatic carbocycles. The quantitative estimate of drug-likeness (QED) is 0.519. The molecule has 8 heteroatoms. The molecule has 0 unspecified atom stereocenters. The Morgan fingerprint density at radius 3 is 2.47 bits per heavy atom. The Bertz CT molecular complexity index is 1220. The number of amides is 1. The number of hydrogen-bond donors (Lipinski definition) is 1. The molecule has 30 heavy (non-hydrogen) atoms. The number of nitrogens with one attached hydrogen (secondary N) is 1. The Labute approximate surface area is 173 Å². The smallest absolute Gasteiger partial charge is 0.248 e. The van der Waals surface area contributed by atoms with Gasteiger partial charge >= 0.3 is 0 Å². The lowest BCUT2D eigenvalue weighted by Crippen LogP contribution is -2.08. The summed E-state index contributed by atoms with van der Waals surface area (Å²) < 4.78 is 3.49. The van der Waals surface area contributed by atoms with Crippen molar-refractivity contribution >= 4 is 17.7 Å². The molecule has 8 nitrogen and oxygen atoms in total. The van der Waals surface area contributed by atoms with E-state index in [1.807, 2.05) is 80.1 Å². The number of aromatic nitrogens is 6. The third-order valence-corrected chi connectivity index (χ3v) is 4.73. The molecular formula is C22H21N7O. The van der Waals surface area contributed by atoms with Crippen molar-refractivity contribution < 1.29 is 4.79 Å². The first kappa shape index (κ1) is 19.3. The molecule has 0 aliphatic heterocycles. The van der Waals surface area contributed by atoms with Crippen molar-refractivity contribution in [3.8, 4) is 11.4 Å². The van der Waals surface area contributed by atoms with Gasteiger partial charge in [-0.3, -0.25) is 4.79 Å². The Morgan fingerprint density at radius 1 is 0.967 bits per heavy atom. The molecule has 2 heterocycles. The number of rotatable bonds is 5. The van der Waals surface area contributed by atoms with Gasteiger partial charge in [0.1, 0.15) is 0 Å². The lowest BCUT2D eigenvalue weighted by molar-refractivity contribution is -0.111. The number of para-hydroxylation sites is 1. The van der Waals surface area contributed by atoms with Crippen LogP contribution in [0.1, 0.15) is 22.8 Å². The molecule has 0 saturated heterocycles. The van der Waals surface area contributed by atoms with Crippen LogP contribution < -0.4 is 5.32 Å². The summed E-state index contributed by atoms with van der Waals surface area (Å²) in [5, 5.41) is 19.0. The van der Waals surface area contributed by atoms with Crippen LogP contribution in [0.15, 0.2) is 60.7 Å². The van der Waals surface area contributed by atoms with Gasteiger partial charge in [0.05, 0.1) is 17.1 Å². The van der Waals surface area contributed by atoms with Gasteiger partial charge in [-0.15, -0.1) is 5.10 Å². The van der Waals surface area contributed by atoms with E-state index in [0.29, 0.717) is 11.5 Å². The van der Waals surface area contributed by atoms with E-state index in [2.05, 4.69) is 25.9 Å². The molecule has 150 valence electrons. The van der Waals surface area contributed by atoms with E-state index in [-0.39, 0.29) is 5.91 Å². The maximum absolute atomic E-state index is 12.5. The first-order valence-electron chi connectivity index (χ1n) is 9.49. The number of carbonyl (C=O) groups is 1. The fourth-order valence-corrected chi connectivity index (χ4v) is 3.25. The van der Waals surface area contributed by atoms with Gasteiger partial charge in [-0.2, -0.15) is 9.78 Å². The Hall–Kier alpha value is -4.07. The summed E-state index contributed by atoms with van der Waals surface area (Å²) in [6.07, 6.45) is 3.31. The van der Waals surface area contributed by atoms with Crippen molar-refractivity contribution in [1.82, 2.24) is 30.0 Å². The molecule has 2 aromatic heterocycles. The van der Waals surface area contributed by atoms with Gasteiger partial charge in [0, 0.05) is 23.0 Å². The summed E-state index contributed by atoms with van der Waals surface area (Å²) >= 11 is 0. The van der Waals surface area contributed by atoms with Gasteiger partial charge in [-0.25, -0.2) is 4.68 Å². The maximum Gasteiger partial charge on any atom is 0.248 e. The number of anilines is 1. The minimum atomic E-state index is -0.230. The van der Waals surface area contributed by atoms with E-state index in [1.165, 1.54) is 6.08 Å². The van der Waals surface area contributed by atoms with Crippen molar-refractivity contribution in [1.29, 1.82) is 0 Å². The monoisotopic (exact) mass is 399 g/mol. The van der Waals surface area contributed by atoms with Crippen molar-refractivity contribution in [2.45, 2.75) is 20.8 Å². The first-order chi connectivity index (χ1) is 14.5. The van der Waals surface area contributed by atoms with E-state index in [1.54, 1.807) is 10.8 Å². The van der Waals surface area contributed by atoms with Gasteiger partial charge in [0.25, 0.3) is 0 Å². The summed E-state index contributed by atoms with van der Waals surface area (Å²) in [4.78, 5) is 12.5. The molecule has 0 spiro atoms. The predicted molar refractivity (Wildman–Crippen MR) is 115 cm³/mol. The highest BCUT2D eigenvalue weighted by molar-refractivity contribution is 6.02. The molecule has 0 bridgehead atoms. The van der Waals surface area contributed by atoms with Gasteiger partial charge in [-0.05, 0) is 67.6 Å². The summed E-state index contributed by atoms with van der Waals surface area (Å²) in [5.41, 5.74) is 5.17. The van der Waals surface area contributed by atoms with Crippen LogP contribution in [0.3, 0.4) is 0 Å². The minimum Gasteiger partial charge on any atom is -0.322 e. The Morgan fingerprint density at radius 2 is 1.73 bits per heavy atom. The Kier molecular flexibility index (Phi) is 5.21. The summed E-state index contributed by atoms with van der Waals surface area (Å²) in [6, 6.07) is 17.3. The van der Waals surface area contributed by atoms with Gasteiger partial charge in [0.15, 0.2) is 5.82 Å². The van der Waals surface area contributed by atoms with E-state index in [9.17, 15) is 4.79 Å². The standard InChI is InChI=1S/C22H21N7O/c1-15-21(16(2)28(25-15)19-9-5-4-6-10-19)12-13-22(30)23-18-8-7-11-20(14-18)29-17(3)24-26-27-29/h4-14H,1-3H3,(H,23,30)/b13-12+. The molecule has 4 rings (SSSR count). The van der Waals surface area contributed by atoms with Gasteiger partial charge < -0.3 is 5.32 Å². The second-order valence-corrected chi connectivity index (χ2v) is 6.84. The molecule has 4 aromatic rings. The molecule has 0 aliphatic rings. The molecular weight excluding hydrogens is 378 g/mol. The predicted octanol–water partition coefficient (Wildman–Crippen LogP) is 3.43. The lowest BCUT2D eigenvalue weighted by Gasteiger charge is -2.06. The van der Waals surface area contributed by atoms with Crippen molar-refractivity contribution in [3.05, 3.63) is 83.4 Å². The number of aryl methyl sites for hydroxylation is 2. The van der Waals surface area contributed by atoms with Crippen LogP contribution in [-0.4, -0.2) is 35.9 Å². The number of benzene rings is 2. The average molecular weight is 399 g/mol. The van der Waals surface area contributed by atoms with Crippen molar-refractivity contribution in [2.24, 2.45) is 0 Å². The van der Waals surface area contributed by atoms with E-state index in [0.717, 1.165) is 28.3 Å². The molecule has 0 radical (unpaired) electrons. The lowest BCUT2D eigenvalue weighted by atomic mass is 10.2. The zero-order valence-corrected chi connectivity index (χ0v) is 16.9. The van der Waals surface area contributed by atoms with Crippen LogP contribution in [0.5, 0.6) is 0 Å². The molecule has 1 N–H and O–H groups in total. The second kappa shape index (κ2) is 8.12. The third kappa shape index (κ3) is 3.88. The highest BCUT2D eigenvalue weighted by atomic mass is 16.1. The number of tetrazole rings is 1. The van der Waals surface area contributed by atoms with Gasteiger partial charge in [-0.1, -0.05) is 24.3 Å². The zero-order valence-electron chi connectivity index (χ0n) is 16.9. The Balaban J connectivity index is 1.51. The average Bonchev–Trinajstić information content (AvgIpc) is 3.30. The highest BCUT2D eigenvalue weighted by Gasteiger charge is 2.11. The number of hydrogen-bond acceptors (Lipinski definition) is 5. The van der Waals surface area contributed by atoms with Crippen LogP contribution in [0.4, 0.5) is 5.69 Å². The SMILES string of the molecule is Cc1nn(-c2ccccc2)c(C)c1/C=C/C(=O)Nc1cccc(-n2nnnc2C)c1. The van der Waals surface area contributed by atoms with Crippen LogP contribution in [0, 0.1) is 20.8 Å². The third-order valence-electron chi connectivity index (χ3n) is 4.73. The summed E-state index contributed by atoms with van der Waals surface area (Å²) in [6.45, 7) is 5.73. The van der Waals surface area contributed by atoms with E-state index < -0.39 is 0 Å². The normalized spacial score (nSPS) is 11.2. The molecule has 0 fully saturated rings. The molecule has 0 saturated carbocycles. The molecule has 1 amide bonds. The van der Waals surface area contributed by atoms with E-state index in [4.69, 9.17) is 0 Å². The van der Waals surface area contributed by atoms with Crippen LogP contribution in [0.2, 0.25) is 0 Å². The minimum absolute atomic E-state index is 0.230. The summed E-state index contributed by atoms with van der Waals surface area (Å²) in [5.74, 6) is 0.437. The van der Waals surface area contributed by atoms with Crippen LogP contribution in [0.25, 0.3) is 17.5 Å². The van der Waals surface area contributed by atoms with Gasteiger partial charge in [0.2, 0.25) is 5.91 Å².